The van der Waals surface area contributed by atoms with Gasteiger partial charge in [0.2, 0.25) is 0 Å². The number of aromatic nitrogens is 3. The van der Waals surface area contributed by atoms with Crippen LogP contribution in [0, 0.1) is 0 Å². The molecule has 4 aromatic heterocycles. The fraction of sp³-hybridized carbons (Fsp3) is 0. The van der Waals surface area contributed by atoms with Crippen LogP contribution in [0.2, 0.25) is 0 Å². The van der Waals surface area contributed by atoms with Crippen molar-refractivity contribution in [1.29, 1.82) is 0 Å². The molecule has 0 aliphatic rings. The minimum Gasteiger partial charge on any atom is -0.455 e. The first-order chi connectivity index (χ1) is 29.7. The molecule has 0 unspecified atom stereocenters. The van der Waals surface area contributed by atoms with Crippen LogP contribution in [0.3, 0.4) is 0 Å². The highest BCUT2D eigenvalue weighted by Crippen LogP contribution is 2.41. The summed E-state index contributed by atoms with van der Waals surface area (Å²) in [5, 5.41) is 5.30. The van der Waals surface area contributed by atoms with Gasteiger partial charge in [-0.1, -0.05) is 164 Å². The van der Waals surface area contributed by atoms with Crippen molar-refractivity contribution in [3.8, 4) is 67.4 Å². The van der Waals surface area contributed by atoms with E-state index in [4.69, 9.17) is 23.8 Å². The van der Waals surface area contributed by atoms with E-state index in [9.17, 15) is 0 Å². The van der Waals surface area contributed by atoms with Gasteiger partial charge in [0.1, 0.15) is 22.3 Å². The highest BCUT2D eigenvalue weighted by Gasteiger charge is 2.19. The first kappa shape index (κ1) is 33.9. The van der Waals surface area contributed by atoms with E-state index in [-0.39, 0.29) is 0 Å². The normalized spacial score (nSPS) is 11.7. The third-order valence-electron chi connectivity index (χ3n) is 11.5. The highest BCUT2D eigenvalue weighted by atomic mass is 16.3. The Morgan fingerprint density at radius 1 is 0.317 bits per heavy atom. The quantitative estimate of drug-likeness (QED) is 0.169. The molecule has 5 heteroatoms. The zero-order valence-corrected chi connectivity index (χ0v) is 32.2. The Morgan fingerprint density at radius 2 is 0.883 bits per heavy atom. The Balaban J connectivity index is 0.926. The van der Waals surface area contributed by atoms with Gasteiger partial charge in [-0.05, 0) is 53.1 Å². The smallest absolute Gasteiger partial charge is 0.160 e. The van der Waals surface area contributed by atoms with Crippen molar-refractivity contribution in [2.24, 2.45) is 0 Å². The second-order valence-corrected chi connectivity index (χ2v) is 15.1. The summed E-state index contributed by atoms with van der Waals surface area (Å²) in [7, 11) is 0. The second kappa shape index (κ2) is 13.8. The van der Waals surface area contributed by atoms with Gasteiger partial charge in [0.25, 0.3) is 0 Å². The molecule has 0 bridgehead atoms. The molecule has 280 valence electrons. The number of pyridine rings is 1. The minimum absolute atomic E-state index is 0.677. The summed E-state index contributed by atoms with van der Waals surface area (Å²) < 4.78 is 12.9. The van der Waals surface area contributed by atoms with Gasteiger partial charge in [-0.3, -0.25) is 0 Å². The zero-order valence-electron chi connectivity index (χ0n) is 32.2. The number of furan rings is 2. The average Bonchev–Trinajstić information content (AvgIpc) is 3.91. The number of benzene rings is 8. The first-order valence-corrected chi connectivity index (χ1v) is 20.1. The van der Waals surface area contributed by atoms with Gasteiger partial charge >= 0.3 is 0 Å². The number of rotatable bonds is 6. The van der Waals surface area contributed by atoms with Crippen molar-refractivity contribution in [3.05, 3.63) is 200 Å². The molecule has 4 heterocycles. The third kappa shape index (κ3) is 5.67. The summed E-state index contributed by atoms with van der Waals surface area (Å²) in [4.78, 5) is 15.4. The molecule has 60 heavy (non-hydrogen) atoms. The monoisotopic (exact) mass is 767 g/mol. The molecule has 0 aliphatic carbocycles. The number of hydrogen-bond acceptors (Lipinski definition) is 5. The molecule has 0 fully saturated rings. The summed E-state index contributed by atoms with van der Waals surface area (Å²) in [5.41, 5.74) is 15.4. The van der Waals surface area contributed by atoms with Gasteiger partial charge in [-0.25, -0.2) is 15.0 Å². The van der Waals surface area contributed by atoms with Crippen LogP contribution in [0.15, 0.2) is 209 Å². The van der Waals surface area contributed by atoms with E-state index in [1.165, 1.54) is 0 Å². The van der Waals surface area contributed by atoms with Crippen molar-refractivity contribution in [2.75, 3.05) is 0 Å². The maximum atomic E-state index is 6.59. The molecule has 0 aliphatic heterocycles. The molecule has 8 aromatic carbocycles. The van der Waals surface area contributed by atoms with Crippen LogP contribution in [-0.4, -0.2) is 15.0 Å². The molecule has 0 amide bonds. The number of fused-ring (bicyclic) bond motifs is 8. The molecule has 5 nitrogen and oxygen atoms in total. The fourth-order valence-electron chi connectivity index (χ4n) is 8.53. The molecule has 0 saturated heterocycles. The van der Waals surface area contributed by atoms with Gasteiger partial charge in [0.05, 0.1) is 28.0 Å². The molecule has 0 spiro atoms. The van der Waals surface area contributed by atoms with Crippen LogP contribution in [0.1, 0.15) is 0 Å². The SMILES string of the molecule is c1ccc(-c2nc(-c3ccc(-c4ccc5oc6c7ccccc7nc(-c7ccccc7)c6c5c4)cc3)cc(-c3ccc(-c4cccc5c4oc4ccccc45)cc3)n2)cc1. The standard InChI is InChI=1S/C55H33N3O2/c1-3-12-38(13-4-1)52-51-45-32-40(30-31-50(45)60-54(51)44-17-7-9-20-46(44)56-52)34-22-26-36(27-23-34)47-33-48(58-55(57-47)39-14-5-2-6-15-39)37-28-24-35(25-29-37)41-18-11-19-43-42-16-8-10-21-49(42)59-53(41)43/h1-33H. The summed E-state index contributed by atoms with van der Waals surface area (Å²) in [6.07, 6.45) is 0. The Labute approximate surface area is 344 Å². The highest BCUT2D eigenvalue weighted by molar-refractivity contribution is 6.19. The topological polar surface area (TPSA) is 65.0 Å². The Bertz CT molecular complexity index is 3570. The Morgan fingerprint density at radius 3 is 1.63 bits per heavy atom. The maximum Gasteiger partial charge on any atom is 0.160 e. The zero-order chi connectivity index (χ0) is 39.6. The lowest BCUT2D eigenvalue weighted by Gasteiger charge is -2.11. The van der Waals surface area contributed by atoms with Crippen LogP contribution in [0.25, 0.3) is 122 Å². The lowest BCUT2D eigenvalue weighted by Crippen LogP contribution is -1.96. The molecular formula is C55H33N3O2. The largest absolute Gasteiger partial charge is 0.455 e. The lowest BCUT2D eigenvalue weighted by atomic mass is 9.98. The molecular weight excluding hydrogens is 735 g/mol. The molecule has 12 aromatic rings. The van der Waals surface area contributed by atoms with Crippen molar-refractivity contribution in [1.82, 2.24) is 15.0 Å². The summed E-state index contributed by atoms with van der Waals surface area (Å²) >= 11 is 0. The van der Waals surface area contributed by atoms with Crippen LogP contribution in [0.4, 0.5) is 0 Å². The van der Waals surface area contributed by atoms with Gasteiger partial charge in [0, 0.05) is 49.4 Å². The van der Waals surface area contributed by atoms with E-state index in [0.29, 0.717) is 5.82 Å². The van der Waals surface area contributed by atoms with Crippen LogP contribution in [0.5, 0.6) is 0 Å². The van der Waals surface area contributed by atoms with Gasteiger partial charge < -0.3 is 8.83 Å². The third-order valence-corrected chi connectivity index (χ3v) is 11.5. The molecule has 0 atom stereocenters. The van der Waals surface area contributed by atoms with Gasteiger partial charge in [0.15, 0.2) is 5.82 Å². The van der Waals surface area contributed by atoms with Crippen molar-refractivity contribution < 1.29 is 8.83 Å². The minimum atomic E-state index is 0.677. The average molecular weight is 768 g/mol. The lowest BCUT2D eigenvalue weighted by molar-refractivity contribution is 0.670. The molecule has 0 radical (unpaired) electrons. The van der Waals surface area contributed by atoms with E-state index in [0.717, 1.165) is 116 Å². The summed E-state index contributed by atoms with van der Waals surface area (Å²) in [5.74, 6) is 0.677. The van der Waals surface area contributed by atoms with Crippen molar-refractivity contribution in [2.45, 2.75) is 0 Å². The molecule has 0 N–H and O–H groups in total. The van der Waals surface area contributed by atoms with E-state index >= 15 is 0 Å². The Hall–Kier alpha value is -8.15. The second-order valence-electron chi connectivity index (χ2n) is 15.1. The summed E-state index contributed by atoms with van der Waals surface area (Å²) in [6.45, 7) is 0. The number of para-hydroxylation sites is 3. The fourth-order valence-corrected chi connectivity index (χ4v) is 8.53. The molecule has 12 rings (SSSR count). The number of nitrogens with zero attached hydrogens (tertiary/aromatic N) is 3. The molecule has 0 saturated carbocycles. The van der Waals surface area contributed by atoms with E-state index in [2.05, 4.69) is 146 Å². The van der Waals surface area contributed by atoms with E-state index in [1.807, 2.05) is 54.6 Å². The Kier molecular flexibility index (Phi) is 7.78. The van der Waals surface area contributed by atoms with Gasteiger partial charge in [-0.15, -0.1) is 0 Å². The number of hydrogen-bond donors (Lipinski definition) is 0. The predicted octanol–water partition coefficient (Wildman–Crippen LogP) is 14.8. The summed E-state index contributed by atoms with van der Waals surface area (Å²) in [6, 6.07) is 69.0. The van der Waals surface area contributed by atoms with Crippen molar-refractivity contribution in [3.63, 3.8) is 0 Å². The van der Waals surface area contributed by atoms with Crippen LogP contribution < -0.4 is 0 Å². The van der Waals surface area contributed by atoms with Crippen molar-refractivity contribution >= 4 is 54.8 Å². The van der Waals surface area contributed by atoms with E-state index in [1.54, 1.807) is 0 Å². The van der Waals surface area contributed by atoms with Crippen LogP contribution >= 0.6 is 0 Å². The van der Waals surface area contributed by atoms with E-state index < -0.39 is 0 Å². The van der Waals surface area contributed by atoms with Crippen LogP contribution in [-0.2, 0) is 0 Å². The first-order valence-electron chi connectivity index (χ1n) is 20.1. The maximum absolute atomic E-state index is 6.59. The van der Waals surface area contributed by atoms with Gasteiger partial charge in [-0.2, -0.15) is 0 Å². The predicted molar refractivity (Wildman–Crippen MR) is 245 cm³/mol.